The molecule has 0 aliphatic heterocycles. The minimum Gasteiger partial charge on any atom is -0.303 e. The molecule has 56 valence electrons. The zero-order valence-corrected chi connectivity index (χ0v) is 6.17. The van der Waals surface area contributed by atoms with E-state index in [0.29, 0.717) is 6.42 Å². The summed E-state index contributed by atoms with van der Waals surface area (Å²) in [5.74, 6) is 0.0612. The Hall–Kier alpha value is -0.920. The minimum atomic E-state index is 0.0612. The number of aldehydes is 1. The Balaban J connectivity index is 3.18. The van der Waals surface area contributed by atoms with Crippen LogP contribution in [0.4, 0.5) is 0 Å². The standard InChI is InChI=1S/C8H12O2/c1-8(10)6-4-2-3-5-7-9/h4,6-7H,2-3,5H2,1H3. The zero-order chi connectivity index (χ0) is 7.82. The summed E-state index contributed by atoms with van der Waals surface area (Å²) in [4.78, 5) is 20.1. The molecule has 2 heteroatoms. The molecule has 0 rings (SSSR count). The molecule has 0 amide bonds. The van der Waals surface area contributed by atoms with Crippen molar-refractivity contribution in [3.63, 3.8) is 0 Å². The lowest BCUT2D eigenvalue weighted by molar-refractivity contribution is -0.112. The van der Waals surface area contributed by atoms with Crippen LogP contribution in [-0.2, 0) is 9.59 Å². The number of carbonyl (C=O) groups excluding carboxylic acids is 2. The van der Waals surface area contributed by atoms with Gasteiger partial charge in [0.2, 0.25) is 0 Å². The highest BCUT2D eigenvalue weighted by Crippen LogP contribution is 1.93. The van der Waals surface area contributed by atoms with E-state index in [2.05, 4.69) is 0 Å². The largest absolute Gasteiger partial charge is 0.303 e. The Bertz CT molecular complexity index is 136. The minimum absolute atomic E-state index is 0.0612. The molecule has 10 heavy (non-hydrogen) atoms. The van der Waals surface area contributed by atoms with E-state index >= 15 is 0 Å². The van der Waals surface area contributed by atoms with E-state index < -0.39 is 0 Å². The Kier molecular flexibility index (Phi) is 5.63. The quantitative estimate of drug-likeness (QED) is 0.329. The second-order valence-corrected chi connectivity index (χ2v) is 2.11. The number of ketones is 1. The van der Waals surface area contributed by atoms with Crippen LogP contribution in [0.3, 0.4) is 0 Å². The summed E-state index contributed by atoms with van der Waals surface area (Å²) < 4.78 is 0. The van der Waals surface area contributed by atoms with E-state index in [-0.39, 0.29) is 5.78 Å². The van der Waals surface area contributed by atoms with Crippen molar-refractivity contribution in [2.75, 3.05) is 0 Å². The molecule has 0 saturated carbocycles. The first-order valence-electron chi connectivity index (χ1n) is 3.38. The fraction of sp³-hybridized carbons (Fsp3) is 0.500. The number of unbranched alkanes of at least 4 members (excludes halogenated alkanes) is 2. The Morgan fingerprint density at radius 1 is 1.40 bits per heavy atom. The van der Waals surface area contributed by atoms with Crippen molar-refractivity contribution in [3.8, 4) is 0 Å². The average molecular weight is 140 g/mol. The van der Waals surface area contributed by atoms with Crippen LogP contribution in [-0.4, -0.2) is 12.1 Å². The molecule has 0 fully saturated rings. The maximum atomic E-state index is 10.3. The van der Waals surface area contributed by atoms with E-state index in [0.717, 1.165) is 19.1 Å². The van der Waals surface area contributed by atoms with Gasteiger partial charge < -0.3 is 4.79 Å². The molecule has 0 spiro atoms. The van der Waals surface area contributed by atoms with Gasteiger partial charge in [-0.15, -0.1) is 0 Å². The zero-order valence-electron chi connectivity index (χ0n) is 6.17. The highest BCUT2D eigenvalue weighted by Gasteiger charge is 1.83. The SMILES string of the molecule is CC(=O)C=CCCCC=O. The molecule has 0 unspecified atom stereocenters. The summed E-state index contributed by atoms with van der Waals surface area (Å²) in [6, 6.07) is 0. The second kappa shape index (κ2) is 6.20. The number of hydrogen-bond acceptors (Lipinski definition) is 2. The molecule has 0 aliphatic rings. The second-order valence-electron chi connectivity index (χ2n) is 2.11. The van der Waals surface area contributed by atoms with Gasteiger partial charge in [-0.05, 0) is 25.8 Å². The van der Waals surface area contributed by atoms with Crippen molar-refractivity contribution < 1.29 is 9.59 Å². The van der Waals surface area contributed by atoms with Crippen LogP contribution in [0.25, 0.3) is 0 Å². The first-order chi connectivity index (χ1) is 4.77. The predicted octanol–water partition coefficient (Wildman–Crippen LogP) is 1.50. The first kappa shape index (κ1) is 9.08. The smallest absolute Gasteiger partial charge is 0.152 e. The van der Waals surface area contributed by atoms with Gasteiger partial charge in [0.15, 0.2) is 5.78 Å². The number of allylic oxidation sites excluding steroid dienone is 2. The topological polar surface area (TPSA) is 34.1 Å². The Morgan fingerprint density at radius 2 is 2.10 bits per heavy atom. The van der Waals surface area contributed by atoms with Gasteiger partial charge in [-0.2, -0.15) is 0 Å². The molecule has 0 aromatic heterocycles. The van der Waals surface area contributed by atoms with Crippen molar-refractivity contribution in [2.24, 2.45) is 0 Å². The summed E-state index contributed by atoms with van der Waals surface area (Å²) in [6.45, 7) is 1.51. The molecule has 0 atom stereocenters. The van der Waals surface area contributed by atoms with Crippen molar-refractivity contribution in [1.29, 1.82) is 0 Å². The van der Waals surface area contributed by atoms with Crippen LogP contribution in [0.1, 0.15) is 26.2 Å². The van der Waals surface area contributed by atoms with Crippen molar-refractivity contribution in [1.82, 2.24) is 0 Å². The lowest BCUT2D eigenvalue weighted by Gasteiger charge is -1.85. The molecular weight excluding hydrogens is 128 g/mol. The molecule has 0 aromatic carbocycles. The normalized spacial score (nSPS) is 10.1. The van der Waals surface area contributed by atoms with Gasteiger partial charge in [-0.3, -0.25) is 4.79 Å². The van der Waals surface area contributed by atoms with Crippen molar-refractivity contribution in [2.45, 2.75) is 26.2 Å². The third-order valence-corrected chi connectivity index (χ3v) is 1.05. The predicted molar refractivity (Wildman–Crippen MR) is 39.7 cm³/mol. The van der Waals surface area contributed by atoms with Gasteiger partial charge >= 0.3 is 0 Å². The van der Waals surface area contributed by atoms with Crippen LogP contribution >= 0.6 is 0 Å². The maximum absolute atomic E-state index is 10.3. The van der Waals surface area contributed by atoms with E-state index in [9.17, 15) is 9.59 Å². The summed E-state index contributed by atoms with van der Waals surface area (Å²) in [5, 5.41) is 0. The Morgan fingerprint density at radius 3 is 2.60 bits per heavy atom. The molecule has 0 N–H and O–H groups in total. The summed E-state index contributed by atoms with van der Waals surface area (Å²) in [5.41, 5.74) is 0. The molecule has 0 radical (unpaired) electrons. The molecule has 0 aliphatic carbocycles. The van der Waals surface area contributed by atoms with E-state index in [4.69, 9.17) is 0 Å². The van der Waals surface area contributed by atoms with Gasteiger partial charge in [0, 0.05) is 6.42 Å². The van der Waals surface area contributed by atoms with Gasteiger partial charge in [0.1, 0.15) is 6.29 Å². The summed E-state index contributed by atoms with van der Waals surface area (Å²) in [7, 11) is 0. The van der Waals surface area contributed by atoms with Crippen LogP contribution in [0.2, 0.25) is 0 Å². The molecular formula is C8H12O2. The van der Waals surface area contributed by atoms with E-state index in [1.54, 1.807) is 6.08 Å². The summed E-state index contributed by atoms with van der Waals surface area (Å²) >= 11 is 0. The molecule has 0 bridgehead atoms. The lowest BCUT2D eigenvalue weighted by Crippen LogP contribution is -1.80. The van der Waals surface area contributed by atoms with Crippen molar-refractivity contribution >= 4 is 12.1 Å². The average Bonchev–Trinajstić information content (AvgIpc) is 1.87. The van der Waals surface area contributed by atoms with Gasteiger partial charge in [0.25, 0.3) is 0 Å². The van der Waals surface area contributed by atoms with Crippen LogP contribution < -0.4 is 0 Å². The van der Waals surface area contributed by atoms with Crippen LogP contribution in [0, 0.1) is 0 Å². The molecule has 0 aromatic rings. The van der Waals surface area contributed by atoms with Gasteiger partial charge in [-0.1, -0.05) is 6.08 Å². The number of hydrogen-bond donors (Lipinski definition) is 0. The molecule has 0 heterocycles. The number of carbonyl (C=O) groups is 2. The highest BCUT2D eigenvalue weighted by atomic mass is 16.1. The highest BCUT2D eigenvalue weighted by molar-refractivity contribution is 5.87. The van der Waals surface area contributed by atoms with Crippen molar-refractivity contribution in [3.05, 3.63) is 12.2 Å². The van der Waals surface area contributed by atoms with Crippen LogP contribution in [0.5, 0.6) is 0 Å². The monoisotopic (exact) mass is 140 g/mol. The first-order valence-corrected chi connectivity index (χ1v) is 3.38. The fourth-order valence-electron chi connectivity index (χ4n) is 0.568. The van der Waals surface area contributed by atoms with E-state index in [1.165, 1.54) is 13.0 Å². The molecule has 2 nitrogen and oxygen atoms in total. The fourth-order valence-corrected chi connectivity index (χ4v) is 0.568. The van der Waals surface area contributed by atoms with Gasteiger partial charge in [0.05, 0.1) is 0 Å². The summed E-state index contributed by atoms with van der Waals surface area (Å²) in [6.07, 6.45) is 6.46. The molecule has 0 saturated heterocycles. The number of rotatable bonds is 5. The Labute approximate surface area is 60.9 Å². The maximum Gasteiger partial charge on any atom is 0.152 e. The lowest BCUT2D eigenvalue weighted by atomic mass is 10.2. The van der Waals surface area contributed by atoms with E-state index in [1.807, 2.05) is 0 Å². The third kappa shape index (κ3) is 7.08. The van der Waals surface area contributed by atoms with Gasteiger partial charge in [-0.25, -0.2) is 0 Å². The third-order valence-electron chi connectivity index (χ3n) is 1.05. The van der Waals surface area contributed by atoms with Crippen LogP contribution in [0.15, 0.2) is 12.2 Å².